The lowest BCUT2D eigenvalue weighted by molar-refractivity contribution is 0.311. The van der Waals surface area contributed by atoms with Gasteiger partial charge < -0.3 is 15.0 Å². The number of hydrogen-bond donors (Lipinski definition) is 1. The van der Waals surface area contributed by atoms with Crippen LogP contribution in [0.1, 0.15) is 0 Å². The van der Waals surface area contributed by atoms with E-state index in [0.717, 1.165) is 40.4 Å². The van der Waals surface area contributed by atoms with E-state index >= 15 is 0 Å². The fourth-order valence-electron chi connectivity index (χ4n) is 3.19. The Bertz CT molecular complexity index is 987. The standard InChI is InChI=1S/C18H20N4O2/c1-20-8-9-24-17-11-13(5-7-15(17)20)19-12-4-6-14-16(10-12)22(3)18(23)21(14)2/h4-7,10-11,19H,8-9H2,1-3H3. The summed E-state index contributed by atoms with van der Waals surface area (Å²) in [7, 11) is 5.64. The van der Waals surface area contributed by atoms with Gasteiger partial charge in [-0.05, 0) is 30.3 Å². The Hall–Kier alpha value is -2.89. The second-order valence-electron chi connectivity index (χ2n) is 6.18. The number of anilines is 3. The largest absolute Gasteiger partial charge is 0.489 e. The smallest absolute Gasteiger partial charge is 0.328 e. The Kier molecular flexibility index (Phi) is 3.26. The lowest BCUT2D eigenvalue weighted by atomic mass is 10.2. The molecule has 0 fully saturated rings. The van der Waals surface area contributed by atoms with Crippen LogP contribution in [0.5, 0.6) is 5.75 Å². The highest BCUT2D eigenvalue weighted by Crippen LogP contribution is 2.34. The van der Waals surface area contributed by atoms with Crippen molar-refractivity contribution in [2.45, 2.75) is 0 Å². The van der Waals surface area contributed by atoms with Gasteiger partial charge in [-0.1, -0.05) is 0 Å². The molecule has 0 atom stereocenters. The summed E-state index contributed by atoms with van der Waals surface area (Å²) < 4.78 is 9.06. The molecule has 1 N–H and O–H groups in total. The highest BCUT2D eigenvalue weighted by atomic mass is 16.5. The van der Waals surface area contributed by atoms with Crippen LogP contribution in [0.15, 0.2) is 41.2 Å². The average molecular weight is 324 g/mol. The third kappa shape index (κ3) is 2.22. The van der Waals surface area contributed by atoms with E-state index in [9.17, 15) is 4.79 Å². The van der Waals surface area contributed by atoms with Crippen LogP contribution < -0.4 is 20.6 Å². The van der Waals surface area contributed by atoms with Gasteiger partial charge in [-0.15, -0.1) is 0 Å². The van der Waals surface area contributed by atoms with E-state index in [2.05, 4.69) is 23.3 Å². The van der Waals surface area contributed by atoms with Crippen molar-refractivity contribution in [1.82, 2.24) is 9.13 Å². The fourth-order valence-corrected chi connectivity index (χ4v) is 3.19. The van der Waals surface area contributed by atoms with E-state index in [0.29, 0.717) is 6.61 Å². The van der Waals surface area contributed by atoms with Crippen molar-refractivity contribution >= 4 is 28.1 Å². The van der Waals surface area contributed by atoms with Gasteiger partial charge in [0.1, 0.15) is 12.4 Å². The maximum absolute atomic E-state index is 12.0. The van der Waals surface area contributed by atoms with Gasteiger partial charge >= 0.3 is 5.69 Å². The summed E-state index contributed by atoms with van der Waals surface area (Å²) >= 11 is 0. The number of fused-ring (bicyclic) bond motifs is 2. The van der Waals surface area contributed by atoms with Crippen LogP contribution >= 0.6 is 0 Å². The van der Waals surface area contributed by atoms with Crippen molar-refractivity contribution in [2.24, 2.45) is 14.1 Å². The Morgan fingerprint density at radius 2 is 1.67 bits per heavy atom. The summed E-state index contributed by atoms with van der Waals surface area (Å²) in [6, 6.07) is 12.0. The molecule has 6 heteroatoms. The van der Waals surface area contributed by atoms with Gasteiger partial charge in [0.15, 0.2) is 0 Å². The lowest BCUT2D eigenvalue weighted by Gasteiger charge is -2.28. The average Bonchev–Trinajstić information content (AvgIpc) is 2.79. The molecule has 0 unspecified atom stereocenters. The molecule has 0 saturated carbocycles. The first-order chi connectivity index (χ1) is 11.5. The van der Waals surface area contributed by atoms with Gasteiger partial charge in [-0.25, -0.2) is 4.79 Å². The number of likely N-dealkylation sites (N-methyl/N-ethyl adjacent to an activating group) is 1. The van der Waals surface area contributed by atoms with Crippen LogP contribution in [0.25, 0.3) is 11.0 Å². The predicted molar refractivity (Wildman–Crippen MR) is 96.6 cm³/mol. The van der Waals surface area contributed by atoms with Gasteiger partial charge in [0.2, 0.25) is 0 Å². The molecule has 124 valence electrons. The first-order valence-corrected chi connectivity index (χ1v) is 7.95. The first-order valence-electron chi connectivity index (χ1n) is 7.95. The monoisotopic (exact) mass is 324 g/mol. The molecule has 0 aliphatic carbocycles. The second kappa shape index (κ2) is 5.33. The molecule has 3 aromatic rings. The summed E-state index contributed by atoms with van der Waals surface area (Å²) in [6.45, 7) is 1.60. The van der Waals surface area contributed by atoms with Crippen molar-refractivity contribution in [3.05, 3.63) is 46.9 Å². The van der Waals surface area contributed by atoms with Crippen molar-refractivity contribution in [2.75, 3.05) is 30.4 Å². The molecule has 1 aliphatic heterocycles. The van der Waals surface area contributed by atoms with E-state index < -0.39 is 0 Å². The molecule has 0 amide bonds. The fraction of sp³-hybridized carbons (Fsp3) is 0.278. The van der Waals surface area contributed by atoms with Crippen LogP contribution in [0, 0.1) is 0 Å². The lowest BCUT2D eigenvalue weighted by Crippen LogP contribution is -2.28. The number of benzene rings is 2. The molecule has 1 aliphatic rings. The topological polar surface area (TPSA) is 51.4 Å². The molecule has 0 spiro atoms. The molecule has 1 aromatic heterocycles. The molecule has 6 nitrogen and oxygen atoms in total. The molecule has 0 radical (unpaired) electrons. The minimum atomic E-state index is -0.0210. The number of nitrogens with one attached hydrogen (secondary N) is 1. The van der Waals surface area contributed by atoms with Crippen LogP contribution in [0.4, 0.5) is 17.1 Å². The van der Waals surface area contributed by atoms with Crippen LogP contribution in [0.2, 0.25) is 0 Å². The Balaban J connectivity index is 1.69. The molecular weight excluding hydrogens is 304 g/mol. The Morgan fingerprint density at radius 3 is 2.50 bits per heavy atom. The van der Waals surface area contributed by atoms with Crippen LogP contribution in [-0.2, 0) is 14.1 Å². The zero-order chi connectivity index (χ0) is 16.8. The molecular formula is C18H20N4O2. The number of rotatable bonds is 2. The normalized spacial score (nSPS) is 13.7. The van der Waals surface area contributed by atoms with E-state index in [1.807, 2.05) is 30.3 Å². The number of imidazole rings is 1. The molecule has 0 saturated heterocycles. The number of hydrogen-bond acceptors (Lipinski definition) is 4. The number of aromatic nitrogens is 2. The zero-order valence-electron chi connectivity index (χ0n) is 14.0. The molecule has 4 rings (SSSR count). The summed E-state index contributed by atoms with van der Waals surface area (Å²) in [5.41, 5.74) is 4.81. The molecule has 24 heavy (non-hydrogen) atoms. The molecule has 2 aromatic carbocycles. The zero-order valence-corrected chi connectivity index (χ0v) is 14.0. The summed E-state index contributed by atoms with van der Waals surface area (Å²) in [6.07, 6.45) is 0. The van der Waals surface area contributed by atoms with E-state index in [4.69, 9.17) is 4.74 Å². The predicted octanol–water partition coefficient (Wildman–Crippen LogP) is 2.45. The number of nitrogens with zero attached hydrogens (tertiary/aromatic N) is 3. The van der Waals surface area contributed by atoms with Gasteiger partial charge in [0.05, 0.1) is 23.3 Å². The minimum Gasteiger partial charge on any atom is -0.489 e. The SMILES string of the molecule is CN1CCOc2cc(Nc3ccc4c(c3)n(C)c(=O)n4C)ccc21. The maximum atomic E-state index is 12.0. The Labute approximate surface area is 139 Å². The van der Waals surface area contributed by atoms with Gasteiger partial charge in [-0.2, -0.15) is 0 Å². The third-order valence-electron chi connectivity index (χ3n) is 4.62. The maximum Gasteiger partial charge on any atom is 0.328 e. The van der Waals surface area contributed by atoms with Crippen molar-refractivity contribution in [1.29, 1.82) is 0 Å². The van der Waals surface area contributed by atoms with E-state index in [1.54, 1.807) is 23.2 Å². The Morgan fingerprint density at radius 1 is 0.958 bits per heavy atom. The second-order valence-corrected chi connectivity index (χ2v) is 6.18. The van der Waals surface area contributed by atoms with Crippen LogP contribution in [-0.4, -0.2) is 29.3 Å². The van der Waals surface area contributed by atoms with Crippen LogP contribution in [0.3, 0.4) is 0 Å². The first kappa shape index (κ1) is 14.7. The van der Waals surface area contributed by atoms with Gasteiger partial charge in [0.25, 0.3) is 0 Å². The molecule has 2 heterocycles. The summed E-state index contributed by atoms with van der Waals surface area (Å²) in [5, 5.41) is 3.39. The highest BCUT2D eigenvalue weighted by molar-refractivity contribution is 5.82. The number of ether oxygens (including phenoxy) is 1. The highest BCUT2D eigenvalue weighted by Gasteiger charge is 2.15. The summed E-state index contributed by atoms with van der Waals surface area (Å²) in [5.74, 6) is 0.891. The van der Waals surface area contributed by atoms with E-state index in [1.165, 1.54) is 0 Å². The van der Waals surface area contributed by atoms with Crippen molar-refractivity contribution < 1.29 is 4.74 Å². The number of aryl methyl sites for hydroxylation is 2. The quantitative estimate of drug-likeness (QED) is 0.787. The van der Waals surface area contributed by atoms with E-state index in [-0.39, 0.29) is 5.69 Å². The minimum absolute atomic E-state index is 0.0210. The summed E-state index contributed by atoms with van der Waals surface area (Å²) in [4.78, 5) is 14.2. The van der Waals surface area contributed by atoms with Crippen molar-refractivity contribution in [3.8, 4) is 5.75 Å². The third-order valence-corrected chi connectivity index (χ3v) is 4.62. The molecule has 0 bridgehead atoms. The van der Waals surface area contributed by atoms with Crippen molar-refractivity contribution in [3.63, 3.8) is 0 Å². The van der Waals surface area contributed by atoms with Gasteiger partial charge in [0, 0.05) is 38.6 Å². The van der Waals surface area contributed by atoms with Gasteiger partial charge in [-0.3, -0.25) is 9.13 Å².